The SMILES string of the molecule is [B]P1(=O)OC[C@H]2O[C@@H](n3cc(F)c4c(=O)n(C)cnc43)C(F)[C@H]2OP([B])(=O)OC[C@H]2O[C@@H](n3cnc4cc(Cl)c(C)cc43)[C@@H](F)C2O1. The van der Waals surface area contributed by atoms with Gasteiger partial charge in [0.25, 0.3) is 20.5 Å². The minimum atomic E-state index is -4.67. The Bertz CT molecular complexity index is 2050. The van der Waals surface area contributed by atoms with Crippen LogP contribution in [0.3, 0.4) is 0 Å². The summed E-state index contributed by atoms with van der Waals surface area (Å²) in [6.45, 7) is 0.192. The number of alkyl halides is 2. The highest BCUT2D eigenvalue weighted by atomic mass is 35.5. The molecule has 1 aromatic carbocycles. The fraction of sp³-hybridized carbons (Fsp3) is 0.480. The number of imidazole rings is 1. The summed E-state index contributed by atoms with van der Waals surface area (Å²) in [5.41, 5.74) is 0.574. The summed E-state index contributed by atoms with van der Waals surface area (Å²) in [7, 11) is 3.69. The molecule has 0 N–H and O–H groups in total. The van der Waals surface area contributed by atoms with Crippen molar-refractivity contribution in [2.45, 2.75) is 56.1 Å². The number of halogens is 4. The lowest BCUT2D eigenvalue weighted by atomic mass is 10.1. The normalized spacial score (nSPS) is 36.6. The monoisotopic (exact) mass is 713 g/mol. The molecule has 4 unspecified atom stereocenters. The molecule has 246 valence electrons. The van der Waals surface area contributed by atoms with Crippen LogP contribution in [0.15, 0.2) is 35.8 Å². The summed E-state index contributed by atoms with van der Waals surface area (Å²) in [5, 5.41) is 0.00603. The fourth-order valence-corrected chi connectivity index (χ4v) is 8.01. The molecule has 0 aliphatic carbocycles. The van der Waals surface area contributed by atoms with Crippen LogP contribution < -0.4 is 5.56 Å². The van der Waals surface area contributed by atoms with Crippen LogP contribution in [0.25, 0.3) is 22.1 Å². The highest BCUT2D eigenvalue weighted by Crippen LogP contribution is 2.54. The number of aromatic nitrogens is 5. The zero-order valence-electron chi connectivity index (χ0n) is 24.4. The van der Waals surface area contributed by atoms with E-state index in [0.717, 1.165) is 21.7 Å². The number of hydrogen-bond donors (Lipinski definition) is 0. The molecule has 3 fully saturated rings. The van der Waals surface area contributed by atoms with E-state index in [2.05, 4.69) is 9.97 Å². The van der Waals surface area contributed by atoms with Crippen molar-refractivity contribution >= 4 is 63.7 Å². The van der Waals surface area contributed by atoms with Crippen LogP contribution in [-0.2, 0) is 43.7 Å². The largest absolute Gasteiger partial charge is 0.346 e. The van der Waals surface area contributed by atoms with Gasteiger partial charge in [-0.25, -0.2) is 23.1 Å². The van der Waals surface area contributed by atoms with Gasteiger partial charge in [0.2, 0.25) is 15.1 Å². The van der Waals surface area contributed by atoms with Crippen molar-refractivity contribution in [2.75, 3.05) is 13.2 Å². The van der Waals surface area contributed by atoms with Crippen LogP contribution in [0.5, 0.6) is 0 Å². The molecule has 0 amide bonds. The van der Waals surface area contributed by atoms with Crippen LogP contribution in [-0.4, -0.2) is 88.8 Å². The highest BCUT2D eigenvalue weighted by Gasteiger charge is 2.53. The van der Waals surface area contributed by atoms with Crippen LogP contribution in [0, 0.1) is 12.7 Å². The van der Waals surface area contributed by atoms with Gasteiger partial charge in [-0.1, -0.05) is 11.6 Å². The quantitative estimate of drug-likeness (QED) is 0.221. The van der Waals surface area contributed by atoms with Gasteiger partial charge in [-0.15, -0.1) is 0 Å². The third-order valence-corrected chi connectivity index (χ3v) is 10.7. The first kappa shape index (κ1) is 33.1. The number of rotatable bonds is 2. The molecule has 14 nitrogen and oxygen atoms in total. The predicted molar refractivity (Wildman–Crippen MR) is 160 cm³/mol. The van der Waals surface area contributed by atoms with Gasteiger partial charge in [-0.05, 0) is 24.6 Å². The van der Waals surface area contributed by atoms with Gasteiger partial charge in [0, 0.05) is 18.3 Å². The van der Waals surface area contributed by atoms with Crippen molar-refractivity contribution in [1.29, 1.82) is 0 Å². The standard InChI is InChI=1S/C25H23B2ClF3N5O9P2/c1-10-3-14-13(4-11(10)28)32-9-36(14)25-19(31)21-16(43-25)7-41-46(26,38)44-20-15(6-40-47(27,39)45-21)42-24(18(20)30)35-5-12(29)17-22(35)33-8-34(2)23(17)37/h3-5,8-9,15-16,18-21,24-25H,6-7H2,1-2H3/t15-,16-,18?,19+,20+,21?,24-,25-,46?,47?/m1/s1. The van der Waals surface area contributed by atoms with Crippen LogP contribution in [0.4, 0.5) is 13.2 Å². The summed E-state index contributed by atoms with van der Waals surface area (Å²) >= 11 is 6.19. The summed E-state index contributed by atoms with van der Waals surface area (Å²) in [4.78, 5) is 20.7. The van der Waals surface area contributed by atoms with Crippen molar-refractivity contribution in [3.63, 3.8) is 0 Å². The average Bonchev–Trinajstić information content (AvgIpc) is 3.72. The van der Waals surface area contributed by atoms with Gasteiger partial charge >= 0.3 is 0 Å². The Kier molecular flexibility index (Phi) is 8.33. The van der Waals surface area contributed by atoms with E-state index in [1.807, 2.05) is 0 Å². The molecule has 47 heavy (non-hydrogen) atoms. The Hall–Kier alpha value is -2.46. The molecule has 10 atom stereocenters. The van der Waals surface area contributed by atoms with E-state index in [1.54, 1.807) is 19.1 Å². The molecule has 7 rings (SSSR count). The van der Waals surface area contributed by atoms with Crippen molar-refractivity contribution < 1.29 is 49.9 Å². The number of nitrogens with zero attached hydrogens (tertiary/aromatic N) is 5. The van der Waals surface area contributed by atoms with Crippen LogP contribution in [0.1, 0.15) is 18.0 Å². The van der Waals surface area contributed by atoms with E-state index >= 15 is 8.78 Å². The predicted octanol–water partition coefficient (Wildman–Crippen LogP) is 3.73. The maximum Gasteiger partial charge on any atom is 0.265 e. The minimum Gasteiger partial charge on any atom is -0.346 e. The van der Waals surface area contributed by atoms with E-state index in [-0.39, 0.29) is 5.65 Å². The average molecular weight is 714 g/mol. The number of fused-ring (bicyclic) bond motifs is 4. The number of benzene rings is 1. The van der Waals surface area contributed by atoms with Gasteiger partial charge in [0.05, 0.1) is 36.9 Å². The molecule has 3 saturated heterocycles. The molecule has 4 aromatic rings. The van der Waals surface area contributed by atoms with E-state index in [0.29, 0.717) is 21.6 Å². The Morgan fingerprint density at radius 1 is 0.936 bits per heavy atom. The first-order chi connectivity index (χ1) is 22.1. The second kappa shape index (κ2) is 11.9. The summed E-state index contributed by atoms with van der Waals surface area (Å²) < 4.78 is 110. The molecule has 0 bridgehead atoms. The molecule has 0 spiro atoms. The number of hydrogen-bond acceptors (Lipinski definition) is 11. The summed E-state index contributed by atoms with van der Waals surface area (Å²) in [6, 6.07) is 3.26. The van der Waals surface area contributed by atoms with Crippen molar-refractivity contribution in [3.05, 3.63) is 57.7 Å². The van der Waals surface area contributed by atoms with Gasteiger partial charge < -0.3 is 36.7 Å². The van der Waals surface area contributed by atoms with E-state index in [1.165, 1.54) is 17.9 Å². The topological polar surface area (TPSA) is 147 Å². The minimum absolute atomic E-state index is 0.256. The first-order valence-corrected chi connectivity index (χ1v) is 17.6. The van der Waals surface area contributed by atoms with Crippen molar-refractivity contribution in [2.24, 2.45) is 7.05 Å². The lowest BCUT2D eigenvalue weighted by molar-refractivity contribution is -0.0547. The van der Waals surface area contributed by atoms with Crippen LogP contribution >= 0.6 is 26.5 Å². The second-order valence-electron chi connectivity index (χ2n) is 11.3. The second-order valence-corrected chi connectivity index (χ2v) is 14.8. The maximum atomic E-state index is 16.1. The molecule has 4 radical (unpaired) electrons. The molecular formula is C25H23B2ClF3N5O9P2. The fourth-order valence-electron chi connectivity index (χ4n) is 5.84. The van der Waals surface area contributed by atoms with Crippen LogP contribution in [0.2, 0.25) is 5.02 Å². The first-order valence-electron chi connectivity index (χ1n) is 14.0. The van der Waals surface area contributed by atoms with Gasteiger partial charge in [0.15, 0.2) is 36.3 Å². The number of aryl methyl sites for hydroxylation is 2. The zero-order valence-corrected chi connectivity index (χ0v) is 26.9. The van der Waals surface area contributed by atoms with E-state index in [4.69, 9.17) is 54.3 Å². The lowest BCUT2D eigenvalue weighted by Crippen LogP contribution is -2.37. The molecule has 3 aliphatic heterocycles. The maximum absolute atomic E-state index is 16.1. The van der Waals surface area contributed by atoms with Crippen molar-refractivity contribution in [3.8, 4) is 0 Å². The zero-order chi connectivity index (χ0) is 33.6. The van der Waals surface area contributed by atoms with E-state index in [9.17, 15) is 18.3 Å². The molecular weight excluding hydrogens is 690 g/mol. The smallest absolute Gasteiger partial charge is 0.265 e. The third kappa shape index (κ3) is 5.83. The van der Waals surface area contributed by atoms with E-state index < -0.39 is 94.1 Å². The summed E-state index contributed by atoms with van der Waals surface area (Å²) in [6.07, 6.45) is -10.7. The third-order valence-electron chi connectivity index (χ3n) is 8.16. The van der Waals surface area contributed by atoms with Gasteiger partial charge in [-0.3, -0.25) is 18.5 Å². The molecule has 0 saturated carbocycles. The van der Waals surface area contributed by atoms with Crippen molar-refractivity contribution in [1.82, 2.24) is 23.7 Å². The Balaban J connectivity index is 1.17. The Labute approximate surface area is 271 Å². The molecule has 3 aliphatic rings. The van der Waals surface area contributed by atoms with Gasteiger partial charge in [0.1, 0.15) is 29.8 Å². The Morgan fingerprint density at radius 2 is 1.51 bits per heavy atom. The summed E-state index contributed by atoms with van der Waals surface area (Å²) in [5.74, 6) is -1.01. The molecule has 3 aromatic heterocycles. The Morgan fingerprint density at radius 3 is 2.11 bits per heavy atom. The molecule has 22 heteroatoms. The number of ether oxygens (including phenoxy) is 2. The van der Waals surface area contributed by atoms with Gasteiger partial charge in [-0.2, -0.15) is 0 Å². The molecule has 6 heterocycles. The highest BCUT2D eigenvalue weighted by molar-refractivity contribution is 7.79. The lowest BCUT2D eigenvalue weighted by Gasteiger charge is -2.29.